The second-order valence-electron chi connectivity index (χ2n) is 7.65. The first-order valence-electron chi connectivity index (χ1n) is 9.53. The molecule has 2 heterocycles. The number of carbonyl (C=O) groups excluding carboxylic acids is 2. The zero-order valence-corrected chi connectivity index (χ0v) is 20.4. The summed E-state index contributed by atoms with van der Waals surface area (Å²) in [6, 6.07) is 8.30. The van der Waals surface area contributed by atoms with Crippen LogP contribution in [0.5, 0.6) is 0 Å². The number of piperidine rings is 1. The van der Waals surface area contributed by atoms with E-state index in [1.54, 1.807) is 0 Å². The molecule has 0 bridgehead atoms. The van der Waals surface area contributed by atoms with Crippen molar-refractivity contribution in [2.75, 3.05) is 20.2 Å². The van der Waals surface area contributed by atoms with Gasteiger partial charge in [0.1, 0.15) is 0 Å². The third-order valence-electron chi connectivity index (χ3n) is 5.49. The molecule has 2 amide bonds. The van der Waals surface area contributed by atoms with E-state index in [1.807, 2.05) is 15.9 Å². The van der Waals surface area contributed by atoms with Crippen LogP contribution >= 0.6 is 0 Å². The molecule has 2 aliphatic rings. The number of nitrogens with zero attached hydrogens (tertiary/aromatic N) is 2. The molecular weight excluding hydrogens is 367 g/mol. The van der Waals surface area contributed by atoms with Crippen molar-refractivity contribution in [1.29, 1.82) is 0 Å². The van der Waals surface area contributed by atoms with Crippen molar-refractivity contribution in [3.8, 4) is 0 Å². The van der Waals surface area contributed by atoms with Crippen molar-refractivity contribution in [3.05, 3.63) is 35.4 Å². The summed E-state index contributed by atoms with van der Waals surface area (Å²) in [7, 11) is 0.750. The summed E-state index contributed by atoms with van der Waals surface area (Å²) in [5.41, 5.74) is 2.51. The van der Waals surface area contributed by atoms with Crippen LogP contribution in [0.2, 0.25) is 0 Å². The fourth-order valence-electron chi connectivity index (χ4n) is 3.94. The maximum absolute atomic E-state index is 12.6. The molecule has 0 spiro atoms. The Hall–Kier alpha value is -0.244. The van der Waals surface area contributed by atoms with Gasteiger partial charge in [0.05, 0.1) is 0 Å². The normalized spacial score (nSPS) is 17.8. The Morgan fingerprint density at radius 2 is 1.63 bits per heavy atom. The number of hydrogen-bond donors (Lipinski definition) is 0. The van der Waals surface area contributed by atoms with Crippen LogP contribution in [-0.2, 0) is 22.6 Å². The monoisotopic (exact) mass is 398 g/mol. The molecule has 1 saturated heterocycles. The van der Waals surface area contributed by atoms with Crippen LogP contribution in [0.25, 0.3) is 0 Å². The minimum atomic E-state index is -0.0670. The van der Waals surface area contributed by atoms with E-state index in [2.05, 4.69) is 32.0 Å². The van der Waals surface area contributed by atoms with Crippen molar-refractivity contribution in [2.24, 2.45) is 0 Å². The number of amides is 2. The van der Waals surface area contributed by atoms with E-state index in [-0.39, 0.29) is 68.7 Å². The van der Waals surface area contributed by atoms with Crippen LogP contribution in [-0.4, -0.2) is 47.4 Å². The second-order valence-corrected chi connectivity index (χ2v) is 7.65. The van der Waals surface area contributed by atoms with Crippen LogP contribution in [0.1, 0.15) is 57.1 Å². The molecule has 0 aliphatic carbocycles. The van der Waals surface area contributed by atoms with Gasteiger partial charge >= 0.3 is 51.4 Å². The van der Waals surface area contributed by atoms with Crippen LogP contribution in [0.3, 0.4) is 0 Å². The van der Waals surface area contributed by atoms with Gasteiger partial charge in [-0.15, -0.1) is 0 Å². The van der Waals surface area contributed by atoms with Gasteiger partial charge in [0, 0.05) is 38.0 Å². The quantitative estimate of drug-likeness (QED) is 0.622. The van der Waals surface area contributed by atoms with Crippen molar-refractivity contribution < 1.29 is 66.1 Å². The maximum atomic E-state index is 12.6. The molecule has 0 N–H and O–H groups in total. The molecule has 2 aliphatic heterocycles. The topological polar surface area (TPSA) is 63.7 Å². The van der Waals surface area contributed by atoms with Gasteiger partial charge in [-0.3, -0.25) is 9.59 Å². The Kier molecular flexibility index (Phi) is 10.7. The number of carbonyl (C=O) groups is 2. The third kappa shape index (κ3) is 6.65. The van der Waals surface area contributed by atoms with Gasteiger partial charge in [-0.2, -0.15) is 7.11 Å². The van der Waals surface area contributed by atoms with E-state index >= 15 is 0 Å². The molecule has 0 atom stereocenters. The number of hydrogen-bond acceptors (Lipinski definition) is 3. The van der Waals surface area contributed by atoms with Crippen LogP contribution in [0.15, 0.2) is 24.3 Å². The first-order valence-corrected chi connectivity index (χ1v) is 9.53. The molecule has 144 valence electrons. The summed E-state index contributed by atoms with van der Waals surface area (Å²) in [6.07, 6.45) is 4.88. The number of likely N-dealkylation sites (tertiary alicyclic amines) is 1. The van der Waals surface area contributed by atoms with Crippen molar-refractivity contribution in [3.63, 3.8) is 0 Å². The van der Waals surface area contributed by atoms with Gasteiger partial charge in [0.2, 0.25) is 11.8 Å². The Morgan fingerprint density at radius 1 is 1.00 bits per heavy atom. The van der Waals surface area contributed by atoms with Crippen LogP contribution in [0, 0.1) is 0 Å². The molecule has 1 aromatic carbocycles. The molecule has 0 saturated carbocycles. The van der Waals surface area contributed by atoms with Crippen molar-refractivity contribution >= 4 is 11.8 Å². The van der Waals surface area contributed by atoms with Crippen LogP contribution < -0.4 is 56.5 Å². The van der Waals surface area contributed by atoms with Gasteiger partial charge in [0.15, 0.2) is 0 Å². The second kappa shape index (κ2) is 11.7. The van der Waals surface area contributed by atoms with E-state index in [0.29, 0.717) is 19.4 Å². The van der Waals surface area contributed by atoms with E-state index in [4.69, 9.17) is 5.11 Å². The molecule has 3 rings (SSSR count). The fraction of sp³-hybridized carbons (Fsp3) is 0.619. The van der Waals surface area contributed by atoms with E-state index in [0.717, 1.165) is 39.5 Å². The summed E-state index contributed by atoms with van der Waals surface area (Å²) < 4.78 is 0. The molecule has 5 nitrogen and oxygen atoms in total. The predicted octanol–water partition coefficient (Wildman–Crippen LogP) is -0.877. The maximum Gasteiger partial charge on any atom is 1.00 e. The average Bonchev–Trinajstić information content (AvgIpc) is 2.66. The molecule has 0 radical (unpaired) electrons. The molecule has 1 aromatic rings. The van der Waals surface area contributed by atoms with Gasteiger partial charge in [0.25, 0.3) is 0 Å². The first-order chi connectivity index (χ1) is 12.5. The van der Waals surface area contributed by atoms with Crippen molar-refractivity contribution in [1.82, 2.24) is 9.80 Å². The molecule has 27 heavy (non-hydrogen) atoms. The molecule has 0 aromatic heterocycles. The molecule has 1 fully saturated rings. The Labute approximate surface area is 205 Å². The summed E-state index contributed by atoms with van der Waals surface area (Å²) in [5, 5.41) is 8.25. The minimum Gasteiger partial charge on any atom is -0.857 e. The number of benzene rings is 1. The standard InChI is InChI=1S/C20H28N2O2.CH3O.K/c1-20(2)12-5-6-13-22(20)19(24)10-9-18(23)21-14-11-16-7-3-4-8-17(16)15-21;1-2;/h3-4,7-8H,5-6,9-15H2,1-2H3;1H3;/q;-1;+1. The first kappa shape index (κ1) is 24.8. The number of rotatable bonds is 3. The third-order valence-corrected chi connectivity index (χ3v) is 5.49. The summed E-state index contributed by atoms with van der Waals surface area (Å²) >= 11 is 0. The van der Waals surface area contributed by atoms with E-state index < -0.39 is 0 Å². The Bertz CT molecular complexity index is 634. The molecule has 6 heteroatoms. The van der Waals surface area contributed by atoms with Crippen LogP contribution in [0.4, 0.5) is 0 Å². The molecular formula is C21H31KN2O3. The minimum absolute atomic E-state index is 0. The summed E-state index contributed by atoms with van der Waals surface area (Å²) in [5.74, 6) is 0.234. The summed E-state index contributed by atoms with van der Waals surface area (Å²) in [4.78, 5) is 28.9. The predicted molar refractivity (Wildman–Crippen MR) is 100 cm³/mol. The largest absolute Gasteiger partial charge is 1.00 e. The molecule has 0 unspecified atom stereocenters. The van der Waals surface area contributed by atoms with Gasteiger partial charge in [-0.25, -0.2) is 0 Å². The zero-order valence-electron chi connectivity index (χ0n) is 17.3. The zero-order chi connectivity index (χ0) is 19.2. The number of fused-ring (bicyclic) bond motifs is 1. The van der Waals surface area contributed by atoms with E-state index in [9.17, 15) is 9.59 Å². The Balaban J connectivity index is 0.00000118. The van der Waals surface area contributed by atoms with Gasteiger partial charge in [-0.1, -0.05) is 24.3 Å². The van der Waals surface area contributed by atoms with E-state index in [1.165, 1.54) is 17.5 Å². The SMILES string of the molecule is CC1(C)CCCCN1C(=O)CCC(=O)N1CCc2ccccc2C1.C[O-].[K+]. The average molecular weight is 399 g/mol. The fourth-order valence-corrected chi connectivity index (χ4v) is 3.94. The summed E-state index contributed by atoms with van der Waals surface area (Å²) in [6.45, 7) is 6.54. The van der Waals surface area contributed by atoms with Gasteiger partial charge < -0.3 is 14.9 Å². The van der Waals surface area contributed by atoms with Gasteiger partial charge in [-0.05, 0) is 50.7 Å². The smallest absolute Gasteiger partial charge is 0.857 e. The van der Waals surface area contributed by atoms with Crippen molar-refractivity contribution in [2.45, 2.75) is 64.5 Å². The Morgan fingerprint density at radius 3 is 2.30 bits per heavy atom.